The zero-order valence-electron chi connectivity index (χ0n) is 14.1. The van der Waals surface area contributed by atoms with Crippen molar-refractivity contribution in [2.24, 2.45) is 5.92 Å². The summed E-state index contributed by atoms with van der Waals surface area (Å²) in [6, 6.07) is 1.39. The number of piperidine rings is 1. The molecular weight excluding hydrogens is 330 g/mol. The topological polar surface area (TPSA) is 26.3 Å². The molecule has 3 nitrogen and oxygen atoms in total. The number of nitrogens with zero attached hydrogens (tertiary/aromatic N) is 1. The quantitative estimate of drug-likeness (QED) is 0.509. The molecule has 0 radical (unpaired) electrons. The normalized spacial score (nSPS) is 30.0. The van der Waals surface area contributed by atoms with Crippen LogP contribution in [0.2, 0.25) is 0 Å². The Hall–Kier alpha value is -0.0900. The lowest BCUT2D eigenvalue weighted by molar-refractivity contribution is -0.931. The van der Waals surface area contributed by atoms with E-state index in [0.717, 1.165) is 43.0 Å². The molecule has 2 fully saturated rings. The van der Waals surface area contributed by atoms with Gasteiger partial charge in [0.1, 0.15) is 6.10 Å². The maximum Gasteiger partial charge on any atom is 0.309 e. The van der Waals surface area contributed by atoms with Crippen molar-refractivity contribution < 1.29 is 31.0 Å². The average molecular weight is 362 g/mol. The van der Waals surface area contributed by atoms with Gasteiger partial charge in [-0.05, 0) is 12.8 Å². The summed E-state index contributed by atoms with van der Waals surface area (Å²) in [6.45, 7) is 4.30. The Morgan fingerprint density at radius 1 is 1.10 bits per heavy atom. The van der Waals surface area contributed by atoms with E-state index in [1.165, 1.54) is 12.8 Å². The molecule has 2 rings (SSSR count). The molecule has 4 heteroatoms. The molecule has 124 valence electrons. The fourth-order valence-corrected chi connectivity index (χ4v) is 4.26. The molecule has 2 aliphatic heterocycles. The first kappa shape index (κ1) is 19.0. The number of hydrogen-bond acceptors (Lipinski definition) is 2. The van der Waals surface area contributed by atoms with Crippen molar-refractivity contribution in [1.29, 1.82) is 0 Å². The van der Waals surface area contributed by atoms with Crippen LogP contribution in [0, 0.1) is 5.92 Å². The van der Waals surface area contributed by atoms with Crippen LogP contribution in [0.15, 0.2) is 0 Å². The molecule has 0 aromatic heterocycles. The molecule has 21 heavy (non-hydrogen) atoms. The van der Waals surface area contributed by atoms with Gasteiger partial charge in [0.25, 0.3) is 0 Å². The summed E-state index contributed by atoms with van der Waals surface area (Å²) < 4.78 is 7.02. The zero-order chi connectivity index (χ0) is 14.8. The Morgan fingerprint density at radius 3 is 2.00 bits per heavy atom. The molecule has 2 bridgehead atoms. The van der Waals surface area contributed by atoms with Crippen molar-refractivity contribution in [2.45, 2.75) is 83.4 Å². The van der Waals surface area contributed by atoms with Crippen molar-refractivity contribution in [3.05, 3.63) is 0 Å². The van der Waals surface area contributed by atoms with Gasteiger partial charge in [-0.1, -0.05) is 26.7 Å². The first-order chi connectivity index (χ1) is 9.48. The number of esters is 1. The Morgan fingerprint density at radius 2 is 1.57 bits per heavy atom. The minimum Gasteiger partial charge on any atom is -1.00 e. The number of carbonyl (C=O) groups excluding carboxylic acids is 1. The van der Waals surface area contributed by atoms with E-state index in [0.29, 0.717) is 12.1 Å². The third kappa shape index (κ3) is 4.22. The van der Waals surface area contributed by atoms with Gasteiger partial charge in [-0.2, -0.15) is 0 Å². The molecule has 0 aromatic rings. The van der Waals surface area contributed by atoms with Gasteiger partial charge in [-0.3, -0.25) is 4.79 Å². The summed E-state index contributed by atoms with van der Waals surface area (Å²) in [5.41, 5.74) is 0. The van der Waals surface area contributed by atoms with Crippen molar-refractivity contribution in [3.8, 4) is 0 Å². The molecule has 3 atom stereocenters. The second-order valence-electron chi connectivity index (χ2n) is 7.32. The van der Waals surface area contributed by atoms with E-state index in [2.05, 4.69) is 27.9 Å². The Bertz CT molecular complexity index is 324. The maximum atomic E-state index is 12.4. The molecule has 0 unspecified atom stereocenters. The molecule has 2 heterocycles. The molecular formula is C17H32BrNO2. The Balaban J connectivity index is 0.00000220. The fourth-order valence-electron chi connectivity index (χ4n) is 4.26. The number of carbonyl (C=O) groups is 1. The summed E-state index contributed by atoms with van der Waals surface area (Å²) in [6.07, 6.45) is 9.03. The second-order valence-corrected chi connectivity index (χ2v) is 7.32. The molecule has 0 aliphatic carbocycles. The summed E-state index contributed by atoms with van der Waals surface area (Å²) >= 11 is 0. The number of ether oxygens (including phenoxy) is 1. The van der Waals surface area contributed by atoms with Crippen LogP contribution in [0.3, 0.4) is 0 Å². The highest BCUT2D eigenvalue weighted by molar-refractivity contribution is 5.72. The van der Waals surface area contributed by atoms with Crippen LogP contribution in [-0.4, -0.2) is 42.7 Å². The monoisotopic (exact) mass is 361 g/mol. The summed E-state index contributed by atoms with van der Waals surface area (Å²) in [7, 11) is 4.69. The average Bonchev–Trinajstić information content (AvgIpc) is 2.57. The van der Waals surface area contributed by atoms with E-state index in [1.807, 2.05) is 0 Å². The van der Waals surface area contributed by atoms with Crippen LogP contribution >= 0.6 is 0 Å². The number of halogens is 1. The second kappa shape index (κ2) is 7.96. The SMILES string of the molecule is CCCC(CCC)C(=O)O[C@H]1C[C@H]2CC[C@@H](C1)[N+]2(C)C.[Br-]. The van der Waals surface area contributed by atoms with Gasteiger partial charge in [0.05, 0.1) is 32.1 Å². The molecule has 2 aliphatic rings. The highest BCUT2D eigenvalue weighted by Crippen LogP contribution is 2.40. The summed E-state index contributed by atoms with van der Waals surface area (Å²) in [4.78, 5) is 12.4. The highest BCUT2D eigenvalue weighted by Gasteiger charge is 2.50. The van der Waals surface area contributed by atoms with E-state index in [1.54, 1.807) is 0 Å². The smallest absolute Gasteiger partial charge is 0.309 e. The largest absolute Gasteiger partial charge is 1.00 e. The summed E-state index contributed by atoms with van der Waals surface area (Å²) in [5, 5.41) is 0. The first-order valence-electron chi connectivity index (χ1n) is 8.52. The van der Waals surface area contributed by atoms with Crippen LogP contribution in [0.25, 0.3) is 0 Å². The third-order valence-corrected chi connectivity index (χ3v) is 5.68. The van der Waals surface area contributed by atoms with E-state index >= 15 is 0 Å². The lowest BCUT2D eigenvalue weighted by Crippen LogP contribution is -3.00. The van der Waals surface area contributed by atoms with Crippen molar-refractivity contribution in [2.75, 3.05) is 14.1 Å². The lowest BCUT2D eigenvalue weighted by atomic mass is 9.96. The molecule has 0 amide bonds. The van der Waals surface area contributed by atoms with Crippen LogP contribution in [0.1, 0.15) is 65.2 Å². The fraction of sp³-hybridized carbons (Fsp3) is 0.941. The maximum absolute atomic E-state index is 12.4. The Kier molecular flexibility index (Phi) is 7.18. The molecule has 2 saturated heterocycles. The first-order valence-corrected chi connectivity index (χ1v) is 8.52. The highest BCUT2D eigenvalue weighted by atomic mass is 79.9. The van der Waals surface area contributed by atoms with Crippen molar-refractivity contribution in [1.82, 2.24) is 0 Å². The molecule has 0 saturated carbocycles. The number of fused-ring (bicyclic) bond motifs is 2. The number of hydrogen-bond donors (Lipinski definition) is 0. The van der Waals surface area contributed by atoms with Crippen LogP contribution in [0.4, 0.5) is 0 Å². The van der Waals surface area contributed by atoms with Crippen molar-refractivity contribution in [3.63, 3.8) is 0 Å². The number of quaternary nitrogens is 1. The van der Waals surface area contributed by atoms with E-state index in [4.69, 9.17) is 4.74 Å². The standard InChI is InChI=1S/C17H32NO2.BrH/c1-5-7-13(8-6-2)17(19)20-16-11-14-9-10-15(12-16)18(14,3)4;/h13-16H,5-12H2,1-4H3;1H/q+1;/p-1/t14-,15+,16+;. The minimum absolute atomic E-state index is 0. The predicted molar refractivity (Wildman–Crippen MR) is 81.3 cm³/mol. The van der Waals surface area contributed by atoms with E-state index in [-0.39, 0.29) is 35.0 Å². The van der Waals surface area contributed by atoms with E-state index in [9.17, 15) is 4.79 Å². The van der Waals surface area contributed by atoms with Gasteiger partial charge in [0, 0.05) is 25.7 Å². The van der Waals surface area contributed by atoms with E-state index < -0.39 is 0 Å². The zero-order valence-corrected chi connectivity index (χ0v) is 15.7. The van der Waals surface area contributed by atoms with Gasteiger partial charge in [0.2, 0.25) is 0 Å². The summed E-state index contributed by atoms with van der Waals surface area (Å²) in [5.74, 6) is 0.206. The van der Waals surface area contributed by atoms with Gasteiger partial charge >= 0.3 is 5.97 Å². The predicted octanol–water partition coefficient (Wildman–Crippen LogP) is 0.520. The van der Waals surface area contributed by atoms with Gasteiger partial charge in [-0.15, -0.1) is 0 Å². The molecule has 0 aromatic carbocycles. The van der Waals surface area contributed by atoms with Gasteiger partial charge in [-0.25, -0.2) is 0 Å². The van der Waals surface area contributed by atoms with Gasteiger partial charge in [0.15, 0.2) is 0 Å². The van der Waals surface area contributed by atoms with Crippen molar-refractivity contribution >= 4 is 5.97 Å². The Labute approximate surface area is 140 Å². The van der Waals surface area contributed by atoms with Crippen LogP contribution < -0.4 is 17.0 Å². The number of rotatable bonds is 6. The minimum atomic E-state index is 0. The van der Waals surface area contributed by atoms with Gasteiger partial charge < -0.3 is 26.2 Å². The third-order valence-electron chi connectivity index (χ3n) is 5.68. The van der Waals surface area contributed by atoms with Crippen LogP contribution in [-0.2, 0) is 9.53 Å². The lowest BCUT2D eigenvalue weighted by Gasteiger charge is -2.44. The molecule has 0 spiro atoms. The molecule has 0 N–H and O–H groups in total. The van der Waals surface area contributed by atoms with Crippen LogP contribution in [0.5, 0.6) is 0 Å².